The van der Waals surface area contributed by atoms with Crippen LogP contribution in [0.25, 0.3) is 10.8 Å². The first-order valence-electron chi connectivity index (χ1n) is 8.75. The van der Waals surface area contributed by atoms with E-state index in [0.717, 1.165) is 41.2 Å². The number of phenols is 1. The Bertz CT molecular complexity index is 811. The van der Waals surface area contributed by atoms with Gasteiger partial charge in [0.05, 0.1) is 6.61 Å². The number of hydrogen-bond donors (Lipinski definition) is 1. The fraction of sp³-hybridized carbons (Fsp3) is 0.450. The molecule has 0 spiro atoms. The van der Waals surface area contributed by atoms with Gasteiger partial charge in [-0.15, -0.1) is 0 Å². The predicted octanol–water partition coefficient (Wildman–Crippen LogP) is 5.08. The molecule has 3 unspecified atom stereocenters. The van der Waals surface area contributed by atoms with Crippen LogP contribution in [-0.4, -0.2) is 17.9 Å². The van der Waals surface area contributed by atoms with E-state index >= 15 is 0 Å². The number of aromatic hydroxyl groups is 1. The molecule has 1 fully saturated rings. The molecular formula is C20H22O4. The van der Waals surface area contributed by atoms with Crippen molar-refractivity contribution in [1.82, 2.24) is 0 Å². The van der Waals surface area contributed by atoms with E-state index in [2.05, 4.69) is 6.92 Å². The summed E-state index contributed by atoms with van der Waals surface area (Å²) in [4.78, 5) is 12.1. The van der Waals surface area contributed by atoms with Gasteiger partial charge in [0, 0.05) is 21.9 Å². The monoisotopic (exact) mass is 326 g/mol. The van der Waals surface area contributed by atoms with E-state index in [0.29, 0.717) is 35.9 Å². The molecule has 126 valence electrons. The molecule has 24 heavy (non-hydrogen) atoms. The molecule has 2 bridgehead atoms. The van der Waals surface area contributed by atoms with Crippen LogP contribution in [0.15, 0.2) is 24.3 Å². The molecule has 2 aliphatic carbocycles. The Morgan fingerprint density at radius 3 is 2.54 bits per heavy atom. The maximum atomic E-state index is 12.1. The lowest BCUT2D eigenvalue weighted by Crippen LogP contribution is -2.14. The molecule has 0 heterocycles. The average molecular weight is 326 g/mol. The van der Waals surface area contributed by atoms with Crippen molar-refractivity contribution in [1.29, 1.82) is 0 Å². The van der Waals surface area contributed by atoms with E-state index in [-0.39, 0.29) is 0 Å². The van der Waals surface area contributed by atoms with E-state index in [1.807, 2.05) is 31.2 Å². The molecule has 0 aromatic heterocycles. The van der Waals surface area contributed by atoms with Crippen LogP contribution >= 0.6 is 0 Å². The number of hydrogen-bond acceptors (Lipinski definition) is 4. The quantitative estimate of drug-likeness (QED) is 0.631. The van der Waals surface area contributed by atoms with Gasteiger partial charge in [-0.2, -0.15) is 0 Å². The molecule has 1 saturated carbocycles. The number of fused-ring (bicyclic) bond motifs is 6. The Kier molecular flexibility index (Phi) is 3.63. The van der Waals surface area contributed by atoms with Gasteiger partial charge >= 0.3 is 6.16 Å². The summed E-state index contributed by atoms with van der Waals surface area (Å²) >= 11 is 0. The normalized spacial score (nSPS) is 24.2. The Labute approximate surface area is 141 Å². The second kappa shape index (κ2) is 5.69. The maximum absolute atomic E-state index is 12.1. The van der Waals surface area contributed by atoms with Gasteiger partial charge in [-0.25, -0.2) is 4.79 Å². The second-order valence-electron chi connectivity index (χ2n) is 6.90. The van der Waals surface area contributed by atoms with Crippen molar-refractivity contribution in [3.05, 3.63) is 35.4 Å². The zero-order chi connectivity index (χ0) is 16.8. The largest absolute Gasteiger partial charge is 0.513 e. The zero-order valence-corrected chi connectivity index (χ0v) is 14.0. The van der Waals surface area contributed by atoms with Gasteiger partial charge < -0.3 is 14.6 Å². The van der Waals surface area contributed by atoms with E-state index in [1.54, 1.807) is 0 Å². The van der Waals surface area contributed by atoms with Crippen molar-refractivity contribution in [2.24, 2.45) is 5.92 Å². The van der Waals surface area contributed by atoms with Gasteiger partial charge in [0.2, 0.25) is 0 Å². The highest BCUT2D eigenvalue weighted by molar-refractivity contribution is 5.98. The molecule has 3 atom stereocenters. The van der Waals surface area contributed by atoms with E-state index in [9.17, 15) is 9.90 Å². The molecule has 4 nitrogen and oxygen atoms in total. The SMILES string of the molecule is CCCOC(=O)Oc1c2c(c(O)c3ccccc13)C1CCC2C1C. The average Bonchev–Trinajstić information content (AvgIpc) is 3.10. The molecule has 2 aromatic carbocycles. The minimum absolute atomic E-state index is 0.342. The third-order valence-electron chi connectivity index (χ3n) is 5.63. The van der Waals surface area contributed by atoms with Crippen LogP contribution in [0.4, 0.5) is 4.79 Å². The van der Waals surface area contributed by atoms with Gasteiger partial charge in [-0.1, -0.05) is 38.1 Å². The number of ether oxygens (including phenoxy) is 2. The Hall–Kier alpha value is -2.23. The molecule has 1 N–H and O–H groups in total. The molecule has 0 aliphatic heterocycles. The van der Waals surface area contributed by atoms with Crippen molar-refractivity contribution in [3.63, 3.8) is 0 Å². The summed E-state index contributed by atoms with van der Waals surface area (Å²) in [6, 6.07) is 7.57. The van der Waals surface area contributed by atoms with Gasteiger partial charge in [-0.05, 0) is 37.0 Å². The number of benzene rings is 2. The van der Waals surface area contributed by atoms with E-state index < -0.39 is 6.16 Å². The smallest absolute Gasteiger partial charge is 0.507 e. The molecule has 0 radical (unpaired) electrons. The Morgan fingerprint density at radius 2 is 1.83 bits per heavy atom. The van der Waals surface area contributed by atoms with Gasteiger partial charge in [0.15, 0.2) is 0 Å². The minimum atomic E-state index is -0.662. The predicted molar refractivity (Wildman–Crippen MR) is 91.8 cm³/mol. The van der Waals surface area contributed by atoms with Crippen molar-refractivity contribution in [3.8, 4) is 11.5 Å². The molecule has 0 amide bonds. The summed E-state index contributed by atoms with van der Waals surface area (Å²) in [5.74, 6) is 2.10. The highest BCUT2D eigenvalue weighted by Crippen LogP contribution is 2.63. The zero-order valence-electron chi connectivity index (χ0n) is 14.0. The number of carbonyl (C=O) groups excluding carboxylic acids is 1. The van der Waals surface area contributed by atoms with E-state index in [1.165, 1.54) is 0 Å². The number of rotatable bonds is 3. The first kappa shape index (κ1) is 15.3. The summed E-state index contributed by atoms with van der Waals surface area (Å²) in [6.45, 7) is 4.52. The molecular weight excluding hydrogens is 304 g/mol. The number of carbonyl (C=O) groups is 1. The fourth-order valence-electron chi connectivity index (χ4n) is 4.56. The first-order chi connectivity index (χ1) is 11.6. The van der Waals surface area contributed by atoms with Gasteiger partial charge in [0.1, 0.15) is 11.5 Å². The molecule has 2 aromatic rings. The summed E-state index contributed by atoms with van der Waals surface area (Å²) in [6.07, 6.45) is 2.26. The highest BCUT2D eigenvalue weighted by Gasteiger charge is 2.47. The van der Waals surface area contributed by atoms with Crippen molar-refractivity contribution in [2.45, 2.75) is 44.9 Å². The summed E-state index contributed by atoms with van der Waals surface area (Å²) < 4.78 is 10.8. The lowest BCUT2D eigenvalue weighted by Gasteiger charge is -2.22. The van der Waals surface area contributed by atoms with Crippen molar-refractivity contribution in [2.75, 3.05) is 6.61 Å². The van der Waals surface area contributed by atoms with Crippen LogP contribution in [0.3, 0.4) is 0 Å². The Balaban J connectivity index is 1.89. The molecule has 4 heteroatoms. The second-order valence-corrected chi connectivity index (χ2v) is 6.90. The van der Waals surface area contributed by atoms with Crippen LogP contribution in [0.5, 0.6) is 11.5 Å². The third-order valence-corrected chi connectivity index (χ3v) is 5.63. The van der Waals surface area contributed by atoms with Gasteiger partial charge in [0.25, 0.3) is 0 Å². The summed E-state index contributed by atoms with van der Waals surface area (Å²) in [5.41, 5.74) is 2.00. The highest BCUT2D eigenvalue weighted by atomic mass is 16.7. The summed E-state index contributed by atoms with van der Waals surface area (Å²) in [7, 11) is 0. The lowest BCUT2D eigenvalue weighted by atomic mass is 9.87. The van der Waals surface area contributed by atoms with Crippen LogP contribution in [0.2, 0.25) is 0 Å². The van der Waals surface area contributed by atoms with Crippen LogP contribution in [-0.2, 0) is 4.74 Å². The maximum Gasteiger partial charge on any atom is 0.513 e. The van der Waals surface area contributed by atoms with Crippen LogP contribution < -0.4 is 4.74 Å². The lowest BCUT2D eigenvalue weighted by molar-refractivity contribution is 0.0991. The molecule has 2 aliphatic rings. The first-order valence-corrected chi connectivity index (χ1v) is 8.75. The van der Waals surface area contributed by atoms with Crippen molar-refractivity contribution < 1.29 is 19.4 Å². The van der Waals surface area contributed by atoms with Crippen LogP contribution in [0.1, 0.15) is 56.1 Å². The summed E-state index contributed by atoms with van der Waals surface area (Å²) in [5, 5.41) is 12.4. The fourth-order valence-corrected chi connectivity index (χ4v) is 4.56. The minimum Gasteiger partial charge on any atom is -0.507 e. The van der Waals surface area contributed by atoms with Crippen molar-refractivity contribution >= 4 is 16.9 Å². The van der Waals surface area contributed by atoms with Crippen LogP contribution in [0, 0.1) is 5.92 Å². The van der Waals surface area contributed by atoms with Gasteiger partial charge in [-0.3, -0.25) is 0 Å². The third kappa shape index (κ3) is 2.09. The molecule has 4 rings (SSSR count). The topological polar surface area (TPSA) is 55.8 Å². The van der Waals surface area contributed by atoms with E-state index in [4.69, 9.17) is 9.47 Å². The standard InChI is InChI=1S/C20H22O4/c1-3-10-23-20(22)24-19-15-7-5-4-6-14(15)18(21)16-12-8-9-13(11(12)2)17(16)19/h4-7,11-13,21H,3,8-10H2,1-2H3. The number of phenolic OH excluding ortho intramolecular Hbond substituents is 1. The molecule has 0 saturated heterocycles. The Morgan fingerprint density at radius 1 is 1.17 bits per heavy atom.